The number of anilines is 1. The fourth-order valence-corrected chi connectivity index (χ4v) is 14.5. The number of nitrogens with two attached hydrogens (primary N) is 1. The van der Waals surface area contributed by atoms with E-state index < -0.39 is 119 Å². The van der Waals surface area contributed by atoms with E-state index in [1.165, 1.54) is 6.92 Å². The maximum absolute atomic E-state index is 14.1. The summed E-state index contributed by atoms with van der Waals surface area (Å²) in [4.78, 5) is 101. The molecule has 5 amide bonds. The largest absolute Gasteiger partial charge is 0.481 e. The number of benzene rings is 2. The minimum Gasteiger partial charge on any atom is -0.481 e. The van der Waals surface area contributed by atoms with Crippen molar-refractivity contribution in [3.05, 3.63) is 89.0 Å². The van der Waals surface area contributed by atoms with Crippen LogP contribution in [0.2, 0.25) is 0 Å². The highest BCUT2D eigenvalue weighted by atomic mass is 16.7. The van der Waals surface area contributed by atoms with Crippen molar-refractivity contribution < 1.29 is 72.6 Å². The Morgan fingerprint density at radius 1 is 0.900 bits per heavy atom. The average molecular weight is 1110 g/mol. The van der Waals surface area contributed by atoms with Gasteiger partial charge >= 0.3 is 12.1 Å². The smallest absolute Gasteiger partial charge is 0.407 e. The van der Waals surface area contributed by atoms with Crippen molar-refractivity contribution in [2.45, 2.75) is 165 Å². The van der Waals surface area contributed by atoms with Crippen LogP contribution in [-0.2, 0) is 65.5 Å². The van der Waals surface area contributed by atoms with Crippen LogP contribution in [0.5, 0.6) is 0 Å². The Balaban J connectivity index is 0.733. The van der Waals surface area contributed by atoms with Crippen molar-refractivity contribution in [2.75, 3.05) is 31.6 Å². The SMILES string of the molecule is CC(=O)N[C@@H](CCCCN)C(=O)NCC(=O)N[C@@H](CCC(=O)O)C(=O)Nc1ccc(COC(=O)NC23CCC(Cc4ccc(C5O[C@@H]6C[C@H]7[C@@H]8CCC9=CC(=O)C=C[C@]9(C)[C@H]8[C@@H](O)C[C@]7(C)[C@]6(C(=O)CO)O5)cc4)(CC2)OC3)cc1. The predicted octanol–water partition coefficient (Wildman–Crippen LogP) is 3.88. The molecule has 8 aliphatic rings. The number of hydrogen-bond donors (Lipinski definition) is 9. The van der Waals surface area contributed by atoms with Gasteiger partial charge in [-0.3, -0.25) is 33.6 Å². The van der Waals surface area contributed by atoms with Gasteiger partial charge in [-0.1, -0.05) is 61.9 Å². The van der Waals surface area contributed by atoms with Gasteiger partial charge in [0, 0.05) is 47.8 Å². The first-order valence-electron chi connectivity index (χ1n) is 28.1. The maximum Gasteiger partial charge on any atom is 0.407 e. The van der Waals surface area contributed by atoms with Gasteiger partial charge in [0.2, 0.25) is 23.6 Å². The van der Waals surface area contributed by atoms with E-state index in [1.807, 2.05) is 37.3 Å². The quantitative estimate of drug-likeness (QED) is 0.0756. The first-order valence-corrected chi connectivity index (χ1v) is 28.1. The van der Waals surface area contributed by atoms with E-state index in [0.29, 0.717) is 88.6 Å². The first kappa shape index (κ1) is 58.3. The second-order valence-corrected chi connectivity index (χ2v) is 23.7. The molecule has 3 saturated heterocycles. The van der Waals surface area contributed by atoms with Crippen molar-refractivity contribution in [1.29, 1.82) is 0 Å². The monoisotopic (exact) mass is 1110 g/mol. The van der Waals surface area contributed by atoms with Crippen molar-refractivity contribution in [3.63, 3.8) is 0 Å². The number of aliphatic hydroxyl groups excluding tert-OH is 2. The number of allylic oxidation sites excluding steroid dienone is 4. The highest BCUT2D eigenvalue weighted by Crippen LogP contribution is 2.70. The number of carbonyl (C=O) groups excluding carboxylic acids is 7. The summed E-state index contributed by atoms with van der Waals surface area (Å²) in [6, 6.07) is 12.2. The van der Waals surface area contributed by atoms with Crippen LogP contribution in [0.3, 0.4) is 0 Å². The van der Waals surface area contributed by atoms with Gasteiger partial charge in [0.25, 0.3) is 0 Å². The zero-order valence-electron chi connectivity index (χ0n) is 45.7. The number of hydrogen-bond acceptors (Lipinski definition) is 15. The average Bonchev–Trinajstić information content (AvgIpc) is 3.56. The van der Waals surface area contributed by atoms with Crippen LogP contribution in [-0.4, -0.2) is 130 Å². The third-order valence-corrected chi connectivity index (χ3v) is 18.7. The van der Waals surface area contributed by atoms with Crippen LogP contribution < -0.4 is 32.3 Å². The van der Waals surface area contributed by atoms with E-state index in [-0.39, 0.29) is 36.6 Å². The van der Waals surface area contributed by atoms with E-state index in [1.54, 1.807) is 36.4 Å². The number of nitrogens with one attached hydrogen (secondary N) is 5. The number of carbonyl (C=O) groups is 8. The zero-order valence-corrected chi connectivity index (χ0v) is 45.7. The van der Waals surface area contributed by atoms with Crippen LogP contribution in [0, 0.1) is 28.6 Å². The third-order valence-electron chi connectivity index (χ3n) is 18.7. The van der Waals surface area contributed by atoms with E-state index in [0.717, 1.165) is 29.5 Å². The second kappa shape index (κ2) is 23.6. The molecule has 21 nitrogen and oxygen atoms in total. The molecule has 5 aliphatic carbocycles. The number of amides is 5. The number of Topliss-reactive ketones (excluding diaryl/α,β-unsaturated/α-hetero) is 1. The molecule has 3 heterocycles. The lowest BCUT2D eigenvalue weighted by Crippen LogP contribution is -2.63. The van der Waals surface area contributed by atoms with Gasteiger partial charge in [-0.05, 0) is 131 Å². The molecule has 2 aromatic rings. The van der Waals surface area contributed by atoms with Crippen molar-refractivity contribution in [2.24, 2.45) is 34.3 Å². The maximum atomic E-state index is 14.1. The molecule has 10 rings (SSSR count). The van der Waals surface area contributed by atoms with Gasteiger partial charge in [0.05, 0.1) is 36.5 Å². The predicted molar refractivity (Wildman–Crippen MR) is 288 cm³/mol. The van der Waals surface area contributed by atoms with E-state index >= 15 is 0 Å². The van der Waals surface area contributed by atoms with Gasteiger partial charge in [0.15, 0.2) is 23.5 Å². The van der Waals surface area contributed by atoms with Crippen molar-refractivity contribution in [3.8, 4) is 0 Å². The summed E-state index contributed by atoms with van der Waals surface area (Å²) in [5.74, 6) is -4.17. The molecule has 0 radical (unpaired) electrons. The number of aliphatic hydroxyl groups is 2. The summed E-state index contributed by atoms with van der Waals surface area (Å²) in [5, 5.41) is 44.9. The number of rotatable bonds is 22. The molecule has 21 heteroatoms. The second-order valence-electron chi connectivity index (χ2n) is 23.7. The Labute approximate surface area is 464 Å². The number of ether oxygens (including phenoxy) is 4. The highest BCUT2D eigenvalue weighted by Gasteiger charge is 2.76. The van der Waals surface area contributed by atoms with Crippen LogP contribution in [0.25, 0.3) is 0 Å². The highest BCUT2D eigenvalue weighted by molar-refractivity contribution is 6.01. The molecule has 0 spiro atoms. The lowest BCUT2D eigenvalue weighted by atomic mass is 9.46. The summed E-state index contributed by atoms with van der Waals surface area (Å²) < 4.78 is 25.6. The van der Waals surface area contributed by atoms with E-state index in [4.69, 9.17) is 24.7 Å². The fourth-order valence-electron chi connectivity index (χ4n) is 14.5. The van der Waals surface area contributed by atoms with Gasteiger partial charge < -0.3 is 66.6 Å². The molecular formula is C59H76N6O15. The topological polar surface area (TPSA) is 320 Å². The van der Waals surface area contributed by atoms with Crippen molar-refractivity contribution in [1.82, 2.24) is 21.3 Å². The van der Waals surface area contributed by atoms with Gasteiger partial charge in [0.1, 0.15) is 25.3 Å². The molecular weight excluding hydrogens is 1030 g/mol. The normalized spacial score (nSPS) is 32.4. The number of ketones is 2. The number of unbranched alkanes of at least 4 members (excludes halogenated alkanes) is 1. The first-order chi connectivity index (χ1) is 38.1. The minimum atomic E-state index is -1.45. The van der Waals surface area contributed by atoms with Crippen LogP contribution in [0.1, 0.15) is 127 Å². The molecule has 11 atom stereocenters. The van der Waals surface area contributed by atoms with Gasteiger partial charge in [-0.15, -0.1) is 0 Å². The minimum absolute atomic E-state index is 0.0112. The summed E-state index contributed by atoms with van der Waals surface area (Å²) in [5.41, 5.74) is 5.57. The number of carboxylic acid groups (broad SMARTS) is 1. The molecule has 2 bridgehead atoms. The molecule has 432 valence electrons. The Hall–Kier alpha value is -6.36. The molecule has 3 aliphatic heterocycles. The van der Waals surface area contributed by atoms with Gasteiger partial charge in [-0.2, -0.15) is 0 Å². The van der Waals surface area contributed by atoms with Crippen LogP contribution >= 0.6 is 0 Å². The lowest BCUT2D eigenvalue weighted by molar-refractivity contribution is -0.201. The molecule has 0 aromatic heterocycles. The number of fused-ring (bicyclic) bond motifs is 10. The van der Waals surface area contributed by atoms with Crippen LogP contribution in [0.15, 0.2) is 72.3 Å². The Morgan fingerprint density at radius 3 is 2.27 bits per heavy atom. The van der Waals surface area contributed by atoms with E-state index in [9.17, 15) is 53.7 Å². The summed E-state index contributed by atoms with van der Waals surface area (Å²) in [6.45, 7) is 4.82. The number of aliphatic carboxylic acids is 1. The standard InChI is InChI=1S/C59H76N6O15/c1-34(67)62-43(6-4-5-25-60)51(74)61-30-48(71)64-44(17-18-49(72)73)52(75)63-39-14-9-36(10-15-39)32-77-54(76)65-57-21-23-58(24-22-57,78-33-57)28-35-7-11-37(12-8-35)53-79-47-27-42-41-16-13-38-26-40(68)19-20-55(38,2)50(41)45(69)29-56(42,3)59(47,80-53)46(70)31-66/h7-12,14-15,19-20,26,41-45,47,50,53,66,69H,4-6,13,16-18,21-25,27-33,60H2,1-3H3,(H,61,74)(H,62,67)(H,63,75)(H,64,71)(H,65,76)(H,72,73)/t41-,42-,43-,44-,45-,47+,50+,53?,55-,56-,57?,58?,59+/m0/s1. The summed E-state index contributed by atoms with van der Waals surface area (Å²) in [6.07, 6.45) is 9.07. The van der Waals surface area contributed by atoms with E-state index in [2.05, 4.69) is 33.5 Å². The number of alkyl carbamates (subject to hydrolysis) is 1. The Morgan fingerprint density at radius 2 is 1.61 bits per heavy atom. The number of carboxylic acids is 1. The molecule has 80 heavy (non-hydrogen) atoms. The Kier molecular flexibility index (Phi) is 17.2. The fraction of sp³-hybridized carbons (Fsp3) is 0.593. The zero-order chi connectivity index (χ0) is 57.2. The molecule has 4 saturated carbocycles. The third kappa shape index (κ3) is 11.7. The summed E-state index contributed by atoms with van der Waals surface area (Å²) in [7, 11) is 0. The summed E-state index contributed by atoms with van der Waals surface area (Å²) >= 11 is 0. The van der Waals surface area contributed by atoms with Crippen LogP contribution in [0.4, 0.5) is 10.5 Å². The molecule has 2 aromatic carbocycles. The van der Waals surface area contributed by atoms with Gasteiger partial charge in [-0.25, -0.2) is 4.79 Å². The molecule has 7 fully saturated rings. The molecule has 10 N–H and O–H groups in total. The molecule has 1 unspecified atom stereocenters. The Bertz CT molecular complexity index is 2760. The lowest BCUT2D eigenvalue weighted by Gasteiger charge is -2.59. The van der Waals surface area contributed by atoms with Crippen molar-refractivity contribution >= 4 is 52.9 Å².